The van der Waals surface area contributed by atoms with Crippen LogP contribution in [0.1, 0.15) is 28.8 Å². The van der Waals surface area contributed by atoms with Crippen LogP contribution in [0.5, 0.6) is 0 Å². The average molecular weight is 391 g/mol. The number of carbonyl (C=O) groups is 2. The smallest absolute Gasteiger partial charge is 0.314 e. The number of amides is 1. The minimum atomic E-state index is -0.945. The number of likely N-dealkylation sites (tertiary alicyclic amines) is 1. The van der Waals surface area contributed by atoms with Gasteiger partial charge in [-0.25, -0.2) is 0 Å². The summed E-state index contributed by atoms with van der Waals surface area (Å²) in [4.78, 5) is 28.1. The van der Waals surface area contributed by atoms with Crippen LogP contribution in [0.3, 0.4) is 0 Å². The van der Waals surface area contributed by atoms with Gasteiger partial charge < -0.3 is 10.0 Å². The highest BCUT2D eigenvalue weighted by atomic mass is 16.4. The second-order valence-electron chi connectivity index (χ2n) is 7.23. The van der Waals surface area contributed by atoms with E-state index in [4.69, 9.17) is 0 Å². The Morgan fingerprint density at radius 3 is 2.21 bits per heavy atom. The van der Waals surface area contributed by atoms with Crippen molar-refractivity contribution < 1.29 is 14.7 Å². The molecule has 3 aromatic rings. The molecule has 8 heteroatoms. The Morgan fingerprint density at radius 2 is 1.66 bits per heavy atom. The fraction of sp³-hybridized carbons (Fsp3) is 0.286. The quantitative estimate of drug-likeness (QED) is 0.731. The van der Waals surface area contributed by atoms with Crippen molar-refractivity contribution in [1.29, 1.82) is 0 Å². The summed E-state index contributed by atoms with van der Waals surface area (Å²) in [5.74, 6) is -0.439. The number of piperidine rings is 1. The molecule has 29 heavy (non-hydrogen) atoms. The van der Waals surface area contributed by atoms with E-state index in [-0.39, 0.29) is 5.91 Å². The van der Waals surface area contributed by atoms with Crippen molar-refractivity contribution in [3.8, 4) is 11.4 Å². The number of aromatic nitrogens is 4. The van der Waals surface area contributed by atoms with Gasteiger partial charge in [-0.2, -0.15) is 4.80 Å². The number of tetrazole rings is 1. The first-order valence-electron chi connectivity index (χ1n) is 9.42. The van der Waals surface area contributed by atoms with E-state index in [0.717, 1.165) is 11.1 Å². The average Bonchev–Trinajstić information content (AvgIpc) is 3.20. The zero-order valence-electron chi connectivity index (χ0n) is 16.0. The van der Waals surface area contributed by atoms with E-state index in [1.807, 2.05) is 30.3 Å². The van der Waals surface area contributed by atoms with Crippen LogP contribution in [0.4, 0.5) is 0 Å². The van der Waals surface area contributed by atoms with Crippen molar-refractivity contribution in [3.63, 3.8) is 0 Å². The number of aryl methyl sites for hydroxylation is 1. The zero-order valence-corrected chi connectivity index (χ0v) is 16.0. The SMILES string of the molecule is Cn1nnc(-c2ccc(C(=O)N3CCC(C(=O)O)(c4ccccc4)CC3)cc2)n1. The molecular weight excluding hydrogens is 370 g/mol. The number of rotatable bonds is 4. The van der Waals surface area contributed by atoms with Gasteiger partial charge in [0.1, 0.15) is 0 Å². The van der Waals surface area contributed by atoms with Crippen molar-refractivity contribution >= 4 is 11.9 Å². The lowest BCUT2D eigenvalue weighted by Gasteiger charge is -2.39. The standard InChI is InChI=1S/C21H21N5O3/c1-25-23-18(22-24-25)15-7-9-16(10-8-15)19(27)26-13-11-21(12-14-26,20(28)29)17-5-3-2-4-6-17/h2-10H,11-14H2,1H3,(H,28,29). The van der Waals surface area contributed by atoms with E-state index in [0.29, 0.717) is 37.3 Å². The molecule has 1 amide bonds. The van der Waals surface area contributed by atoms with Crippen molar-refractivity contribution in [2.75, 3.05) is 13.1 Å². The van der Waals surface area contributed by atoms with E-state index in [9.17, 15) is 14.7 Å². The number of carboxylic acid groups (broad SMARTS) is 1. The predicted octanol–water partition coefficient (Wildman–Crippen LogP) is 2.14. The number of hydrogen-bond acceptors (Lipinski definition) is 5. The Kier molecular flexibility index (Phi) is 4.84. The van der Waals surface area contributed by atoms with Crippen LogP contribution < -0.4 is 0 Å². The van der Waals surface area contributed by atoms with Crippen LogP contribution in [0.2, 0.25) is 0 Å². The van der Waals surface area contributed by atoms with Crippen molar-refractivity contribution in [2.24, 2.45) is 7.05 Å². The number of carbonyl (C=O) groups excluding carboxylic acids is 1. The highest BCUT2D eigenvalue weighted by Gasteiger charge is 2.43. The van der Waals surface area contributed by atoms with Crippen molar-refractivity contribution in [2.45, 2.75) is 18.3 Å². The molecule has 1 aliphatic heterocycles. The lowest BCUT2D eigenvalue weighted by atomic mass is 9.73. The third kappa shape index (κ3) is 3.49. The summed E-state index contributed by atoms with van der Waals surface area (Å²) in [7, 11) is 1.69. The Hall–Kier alpha value is -3.55. The van der Waals surface area contributed by atoms with Gasteiger partial charge in [0.05, 0.1) is 12.5 Å². The van der Waals surface area contributed by atoms with E-state index in [1.165, 1.54) is 4.80 Å². The second kappa shape index (κ2) is 7.46. The first-order valence-corrected chi connectivity index (χ1v) is 9.42. The first-order chi connectivity index (χ1) is 14.0. The maximum absolute atomic E-state index is 12.9. The fourth-order valence-corrected chi connectivity index (χ4v) is 3.82. The maximum Gasteiger partial charge on any atom is 0.314 e. The summed E-state index contributed by atoms with van der Waals surface area (Å²) < 4.78 is 0. The van der Waals surface area contributed by atoms with Gasteiger partial charge in [-0.3, -0.25) is 9.59 Å². The van der Waals surface area contributed by atoms with Gasteiger partial charge in [-0.05, 0) is 35.8 Å². The van der Waals surface area contributed by atoms with Crippen molar-refractivity contribution in [3.05, 3.63) is 65.7 Å². The molecule has 0 aliphatic carbocycles. The second-order valence-corrected chi connectivity index (χ2v) is 7.23. The van der Waals surface area contributed by atoms with Crippen LogP contribution >= 0.6 is 0 Å². The maximum atomic E-state index is 12.9. The van der Waals surface area contributed by atoms with E-state index < -0.39 is 11.4 Å². The summed E-state index contributed by atoms with van der Waals surface area (Å²) in [5.41, 5.74) is 1.18. The normalized spacial score (nSPS) is 15.8. The van der Waals surface area contributed by atoms with Crippen LogP contribution in [-0.2, 0) is 17.3 Å². The minimum Gasteiger partial charge on any atom is -0.481 e. The number of hydrogen-bond donors (Lipinski definition) is 1. The molecule has 0 saturated carbocycles. The molecule has 4 rings (SSSR count). The third-order valence-corrected chi connectivity index (χ3v) is 5.54. The van der Waals surface area contributed by atoms with E-state index in [2.05, 4.69) is 15.4 Å². The van der Waals surface area contributed by atoms with Gasteiger partial charge in [-0.1, -0.05) is 42.5 Å². The van der Waals surface area contributed by atoms with E-state index >= 15 is 0 Å². The van der Waals surface area contributed by atoms with Crippen LogP contribution in [0.25, 0.3) is 11.4 Å². The number of nitrogens with zero attached hydrogens (tertiary/aromatic N) is 5. The van der Waals surface area contributed by atoms with Crippen LogP contribution in [0, 0.1) is 0 Å². The molecule has 1 fully saturated rings. The number of benzene rings is 2. The third-order valence-electron chi connectivity index (χ3n) is 5.54. The van der Waals surface area contributed by atoms with Gasteiger partial charge in [0, 0.05) is 24.2 Å². The molecule has 0 radical (unpaired) electrons. The Bertz CT molecular complexity index is 1020. The summed E-state index contributed by atoms with van der Waals surface area (Å²) in [6.07, 6.45) is 0.777. The van der Waals surface area contributed by atoms with Gasteiger partial charge in [0.15, 0.2) is 0 Å². The summed E-state index contributed by atoms with van der Waals surface area (Å²) in [6, 6.07) is 16.3. The zero-order chi connectivity index (χ0) is 20.4. The van der Waals surface area contributed by atoms with Gasteiger partial charge in [0.25, 0.3) is 5.91 Å². The molecule has 0 unspecified atom stereocenters. The molecule has 2 aromatic carbocycles. The monoisotopic (exact) mass is 391 g/mol. The Balaban J connectivity index is 1.48. The molecule has 1 aromatic heterocycles. The lowest BCUT2D eigenvalue weighted by Crippen LogP contribution is -2.49. The van der Waals surface area contributed by atoms with Crippen LogP contribution in [-0.4, -0.2) is 55.2 Å². The Labute approximate surface area is 167 Å². The highest BCUT2D eigenvalue weighted by molar-refractivity contribution is 5.95. The van der Waals surface area contributed by atoms with Gasteiger partial charge in [0.2, 0.25) is 5.82 Å². The molecule has 1 aliphatic rings. The van der Waals surface area contributed by atoms with Crippen LogP contribution in [0.15, 0.2) is 54.6 Å². The minimum absolute atomic E-state index is 0.101. The topological polar surface area (TPSA) is 101 Å². The molecule has 1 saturated heterocycles. The molecular formula is C21H21N5O3. The lowest BCUT2D eigenvalue weighted by molar-refractivity contribution is -0.145. The van der Waals surface area contributed by atoms with Gasteiger partial charge >= 0.3 is 5.97 Å². The number of carboxylic acids is 1. The molecule has 2 heterocycles. The number of aliphatic carboxylic acids is 1. The largest absolute Gasteiger partial charge is 0.481 e. The van der Waals surface area contributed by atoms with Crippen molar-refractivity contribution in [1.82, 2.24) is 25.1 Å². The summed E-state index contributed by atoms with van der Waals surface area (Å²) in [5, 5.41) is 21.8. The molecule has 0 atom stereocenters. The first kappa shape index (κ1) is 18.8. The fourth-order valence-electron chi connectivity index (χ4n) is 3.82. The Morgan fingerprint density at radius 1 is 1.00 bits per heavy atom. The summed E-state index contributed by atoms with van der Waals surface area (Å²) >= 11 is 0. The highest BCUT2D eigenvalue weighted by Crippen LogP contribution is 2.36. The van der Waals surface area contributed by atoms with E-state index in [1.54, 1.807) is 36.2 Å². The molecule has 0 spiro atoms. The van der Waals surface area contributed by atoms with Gasteiger partial charge in [-0.15, -0.1) is 10.2 Å². The predicted molar refractivity (Wildman–Crippen MR) is 105 cm³/mol. The molecule has 0 bridgehead atoms. The molecule has 8 nitrogen and oxygen atoms in total. The summed E-state index contributed by atoms with van der Waals surface area (Å²) in [6.45, 7) is 0.793. The molecule has 148 valence electrons. The molecule has 1 N–H and O–H groups in total.